The van der Waals surface area contributed by atoms with Gasteiger partial charge in [-0.2, -0.15) is 23.1 Å². The Morgan fingerprint density at radius 3 is 2.29 bits per heavy atom. The van der Waals surface area contributed by atoms with Crippen molar-refractivity contribution in [3.05, 3.63) is 54.1 Å². The van der Waals surface area contributed by atoms with Crippen LogP contribution in [-0.2, 0) is 4.79 Å². The molecule has 258 valence electrons. The minimum atomic E-state index is -4.77. The Balaban J connectivity index is 1.27. The van der Waals surface area contributed by atoms with Gasteiger partial charge in [-0.15, -0.1) is 0 Å². The van der Waals surface area contributed by atoms with Crippen LogP contribution in [0.25, 0.3) is 11.1 Å². The number of nitrogens with two attached hydrogens (primary N) is 1. The smallest absolute Gasteiger partial charge is 0.429 e. The second-order valence-electron chi connectivity index (χ2n) is 13.1. The van der Waals surface area contributed by atoms with Gasteiger partial charge in [0.2, 0.25) is 17.9 Å². The number of carboxylic acid groups (broad SMARTS) is 1. The largest absolute Gasteiger partial charge is 0.491 e. The topological polar surface area (TPSA) is 138 Å². The third-order valence-corrected chi connectivity index (χ3v) is 9.38. The number of piperidine rings is 1. The summed E-state index contributed by atoms with van der Waals surface area (Å²) in [5.74, 6) is -0.242. The first kappa shape index (κ1) is 33.6. The van der Waals surface area contributed by atoms with Crippen molar-refractivity contribution in [1.82, 2.24) is 20.6 Å². The number of hydrogen-bond acceptors (Lipinski definition) is 10. The molecule has 3 aromatic rings. The molecular formula is C34H42F3N7O4. The number of piperazine rings is 1. The van der Waals surface area contributed by atoms with Gasteiger partial charge in [-0.1, -0.05) is 24.3 Å². The highest BCUT2D eigenvalue weighted by atomic mass is 19.4. The Morgan fingerprint density at radius 2 is 1.67 bits per heavy atom. The quantitative estimate of drug-likeness (QED) is 0.254. The summed E-state index contributed by atoms with van der Waals surface area (Å²) in [5.41, 5.74) is 7.91. The summed E-state index contributed by atoms with van der Waals surface area (Å²) in [4.78, 5) is 23.7. The van der Waals surface area contributed by atoms with Gasteiger partial charge in [-0.3, -0.25) is 4.79 Å². The molecule has 3 fully saturated rings. The minimum Gasteiger partial charge on any atom is -0.491 e. The molecule has 0 bridgehead atoms. The molecular weight excluding hydrogens is 627 g/mol. The molecule has 4 heterocycles. The minimum absolute atomic E-state index is 0.0186. The van der Waals surface area contributed by atoms with Gasteiger partial charge in [0.1, 0.15) is 17.6 Å². The van der Waals surface area contributed by atoms with E-state index >= 15 is 0 Å². The first-order valence-electron chi connectivity index (χ1n) is 16.3. The first-order valence-corrected chi connectivity index (χ1v) is 16.3. The highest BCUT2D eigenvalue weighted by Gasteiger charge is 2.46. The lowest BCUT2D eigenvalue weighted by molar-refractivity contribution is -0.198. The average molecular weight is 670 g/mol. The lowest BCUT2D eigenvalue weighted by atomic mass is 9.76. The Bertz CT molecular complexity index is 1590. The van der Waals surface area contributed by atoms with E-state index in [0.717, 1.165) is 11.1 Å². The number of nitrogen functional groups attached to an aromatic ring is 1. The van der Waals surface area contributed by atoms with Crippen LogP contribution in [-0.4, -0.2) is 85.2 Å². The first-order chi connectivity index (χ1) is 22.9. The number of nitrogens with zero attached hydrogens (tertiary/aromatic N) is 4. The van der Waals surface area contributed by atoms with Gasteiger partial charge in [-0.05, 0) is 67.9 Å². The third-order valence-electron chi connectivity index (χ3n) is 9.38. The highest BCUT2D eigenvalue weighted by molar-refractivity contribution is 5.74. The molecule has 0 saturated carbocycles. The average Bonchev–Trinajstić information content (AvgIpc) is 3.47. The van der Waals surface area contributed by atoms with E-state index in [9.17, 15) is 23.1 Å². The van der Waals surface area contributed by atoms with E-state index in [-0.39, 0.29) is 28.9 Å². The molecule has 5 N–H and O–H groups in total. The number of carboxylic acids is 1. The number of aromatic nitrogens is 2. The van der Waals surface area contributed by atoms with Crippen LogP contribution in [0, 0.1) is 5.41 Å². The van der Waals surface area contributed by atoms with Crippen LogP contribution in [0.4, 0.5) is 30.6 Å². The summed E-state index contributed by atoms with van der Waals surface area (Å²) < 4.78 is 56.2. The van der Waals surface area contributed by atoms with Crippen LogP contribution < -0.4 is 35.6 Å². The molecule has 2 aromatic carbocycles. The number of anilines is 3. The molecule has 1 aromatic heterocycles. The molecule has 3 saturated heterocycles. The van der Waals surface area contributed by atoms with Crippen LogP contribution in [0.5, 0.6) is 11.6 Å². The van der Waals surface area contributed by atoms with Gasteiger partial charge in [0.15, 0.2) is 0 Å². The van der Waals surface area contributed by atoms with Crippen molar-refractivity contribution in [2.45, 2.75) is 57.5 Å². The van der Waals surface area contributed by atoms with Crippen molar-refractivity contribution < 1.29 is 32.5 Å². The SMILES string of the molecule is CC(C)Oc1ccc(-c2ccc([C@@H](Oc3cc(N4CCC5(CC4)CN[C@H](C(=O)O)C5)nc(N)n3)C(F)(F)F)c(N3CCNCC3)c2)cc1. The number of rotatable bonds is 9. The number of halogens is 3. The zero-order valence-corrected chi connectivity index (χ0v) is 27.1. The number of benzene rings is 2. The van der Waals surface area contributed by atoms with Gasteiger partial charge >= 0.3 is 12.1 Å². The molecule has 6 rings (SSSR count). The summed E-state index contributed by atoms with van der Waals surface area (Å²) in [5, 5.41) is 15.8. The van der Waals surface area contributed by atoms with Crippen LogP contribution in [0.3, 0.4) is 0 Å². The Hall–Kier alpha value is -4.30. The molecule has 0 aliphatic carbocycles. The third kappa shape index (κ3) is 7.54. The Morgan fingerprint density at radius 1 is 0.979 bits per heavy atom. The highest BCUT2D eigenvalue weighted by Crippen LogP contribution is 2.44. The monoisotopic (exact) mass is 669 g/mol. The van der Waals surface area contributed by atoms with Crippen molar-refractivity contribution in [1.29, 1.82) is 0 Å². The van der Waals surface area contributed by atoms with E-state index < -0.39 is 24.3 Å². The molecule has 3 aliphatic rings. The maximum Gasteiger partial charge on any atom is 0.429 e. The molecule has 11 nitrogen and oxygen atoms in total. The zero-order valence-electron chi connectivity index (χ0n) is 27.1. The molecule has 14 heteroatoms. The van der Waals surface area contributed by atoms with Gasteiger partial charge in [0.05, 0.1) is 6.10 Å². The summed E-state index contributed by atoms with van der Waals surface area (Å²) in [7, 11) is 0. The molecule has 0 amide bonds. The Kier molecular flexibility index (Phi) is 9.57. The standard InChI is InChI=1S/C34H42F3N7O4/c1-21(2)47-24-6-3-22(4-7-24)23-5-8-25(27(17-23)43-15-11-39-12-16-43)30(34(35,36)37)48-29-18-28(41-32(38)42-29)44-13-9-33(10-14-44)19-26(31(45)46)40-20-33/h3-8,17-18,21,26,30,39-40H,9-16,19-20H2,1-2H3,(H,45,46)(H2,38,41,42)/t26-,30+/m0/s1. The van der Waals surface area contributed by atoms with E-state index in [1.165, 1.54) is 12.1 Å². The summed E-state index contributed by atoms with van der Waals surface area (Å²) in [6.45, 7) is 7.93. The molecule has 0 unspecified atom stereocenters. The molecule has 48 heavy (non-hydrogen) atoms. The lowest BCUT2D eigenvalue weighted by Gasteiger charge is -2.39. The second kappa shape index (κ2) is 13.7. The van der Waals surface area contributed by atoms with E-state index in [4.69, 9.17) is 15.2 Å². The number of nitrogens with one attached hydrogen (secondary N) is 2. The fourth-order valence-corrected chi connectivity index (χ4v) is 6.89. The summed E-state index contributed by atoms with van der Waals surface area (Å²) in [6, 6.07) is 13.3. The number of hydrogen-bond donors (Lipinski definition) is 4. The van der Waals surface area contributed by atoms with Crippen molar-refractivity contribution in [2.24, 2.45) is 5.41 Å². The number of carbonyl (C=O) groups is 1. The fraction of sp³-hybridized carbons (Fsp3) is 0.500. The van der Waals surface area contributed by atoms with Gasteiger partial charge in [0, 0.05) is 63.1 Å². The van der Waals surface area contributed by atoms with Crippen molar-refractivity contribution in [2.75, 3.05) is 61.3 Å². The molecule has 0 radical (unpaired) electrons. The number of ether oxygens (including phenoxy) is 2. The van der Waals surface area contributed by atoms with E-state index in [1.54, 1.807) is 12.1 Å². The molecule has 2 atom stereocenters. The second-order valence-corrected chi connectivity index (χ2v) is 13.1. The van der Waals surface area contributed by atoms with Gasteiger partial charge in [0.25, 0.3) is 0 Å². The van der Waals surface area contributed by atoms with Gasteiger partial charge in [-0.25, -0.2) is 0 Å². The summed E-state index contributed by atoms with van der Waals surface area (Å²) in [6.07, 6.45) is -5.11. The van der Waals surface area contributed by atoms with Gasteiger partial charge < -0.3 is 40.7 Å². The van der Waals surface area contributed by atoms with Crippen molar-refractivity contribution in [3.8, 4) is 22.8 Å². The zero-order chi connectivity index (χ0) is 34.1. The van der Waals surface area contributed by atoms with Crippen LogP contribution >= 0.6 is 0 Å². The van der Waals surface area contributed by atoms with Crippen molar-refractivity contribution in [3.63, 3.8) is 0 Å². The van der Waals surface area contributed by atoms with Crippen LogP contribution in [0.2, 0.25) is 0 Å². The maximum absolute atomic E-state index is 14.9. The number of aliphatic carboxylic acids is 1. The van der Waals surface area contributed by atoms with Crippen LogP contribution in [0.15, 0.2) is 48.5 Å². The molecule has 1 spiro atoms. The maximum atomic E-state index is 14.9. The summed E-state index contributed by atoms with van der Waals surface area (Å²) >= 11 is 0. The Labute approximate surface area is 277 Å². The molecule has 3 aliphatic heterocycles. The predicted molar refractivity (Wildman–Crippen MR) is 177 cm³/mol. The predicted octanol–water partition coefficient (Wildman–Crippen LogP) is 4.64. The number of alkyl halides is 3. The van der Waals surface area contributed by atoms with E-state index in [0.29, 0.717) is 82.3 Å². The van der Waals surface area contributed by atoms with E-state index in [1.807, 2.05) is 47.9 Å². The van der Waals surface area contributed by atoms with E-state index in [2.05, 4.69) is 20.6 Å². The lowest BCUT2D eigenvalue weighted by Crippen LogP contribution is -2.44. The normalized spacial score (nSPS) is 20.2. The van der Waals surface area contributed by atoms with Crippen molar-refractivity contribution >= 4 is 23.4 Å². The van der Waals surface area contributed by atoms with Crippen LogP contribution in [0.1, 0.15) is 44.8 Å². The fourth-order valence-electron chi connectivity index (χ4n) is 6.89.